The smallest absolute Gasteiger partial charge is 0.311 e. The van der Waals surface area contributed by atoms with E-state index in [1.807, 2.05) is 0 Å². The summed E-state index contributed by atoms with van der Waals surface area (Å²) < 4.78 is 21.6. The maximum Gasteiger partial charge on any atom is 0.311 e. The van der Waals surface area contributed by atoms with Gasteiger partial charge in [-0.3, -0.25) is 9.59 Å². The lowest BCUT2D eigenvalue weighted by Gasteiger charge is -2.22. The second-order valence-electron chi connectivity index (χ2n) is 6.56. The van der Waals surface area contributed by atoms with Gasteiger partial charge in [0.1, 0.15) is 6.61 Å². The Labute approximate surface area is 145 Å². The summed E-state index contributed by atoms with van der Waals surface area (Å²) in [6.45, 7) is 1.50. The minimum Gasteiger partial charge on any atom is -0.463 e. The third-order valence-corrected chi connectivity index (χ3v) is 4.81. The van der Waals surface area contributed by atoms with E-state index in [0.29, 0.717) is 23.7 Å². The maximum absolute atomic E-state index is 12.3. The van der Waals surface area contributed by atoms with Crippen molar-refractivity contribution >= 4 is 17.6 Å². The van der Waals surface area contributed by atoms with Crippen LogP contribution in [0.4, 0.5) is 5.69 Å². The average molecular weight is 347 g/mol. The Kier molecular flexibility index (Phi) is 4.48. The van der Waals surface area contributed by atoms with Crippen molar-refractivity contribution in [3.63, 3.8) is 0 Å². The monoisotopic (exact) mass is 347 g/mol. The van der Waals surface area contributed by atoms with Crippen LogP contribution < -0.4 is 14.4 Å². The van der Waals surface area contributed by atoms with Crippen molar-refractivity contribution in [1.29, 1.82) is 0 Å². The highest BCUT2D eigenvalue weighted by molar-refractivity contribution is 5.99. The maximum atomic E-state index is 12.3. The van der Waals surface area contributed by atoms with Crippen LogP contribution in [0.3, 0.4) is 0 Å². The van der Waals surface area contributed by atoms with Crippen LogP contribution in [0.1, 0.15) is 25.7 Å². The summed E-state index contributed by atoms with van der Waals surface area (Å²) in [5.74, 6) is 0.423. The molecule has 0 spiro atoms. The minimum atomic E-state index is -0.443. The van der Waals surface area contributed by atoms with Gasteiger partial charge in [0.15, 0.2) is 11.5 Å². The molecule has 7 heteroatoms. The molecule has 4 rings (SSSR count). The van der Waals surface area contributed by atoms with Crippen molar-refractivity contribution in [3.8, 4) is 11.5 Å². The molecular formula is C18H21NO6. The van der Waals surface area contributed by atoms with Crippen molar-refractivity contribution in [2.24, 2.45) is 5.92 Å². The zero-order valence-corrected chi connectivity index (χ0v) is 13.9. The van der Waals surface area contributed by atoms with Gasteiger partial charge in [0.05, 0.1) is 12.0 Å². The molecule has 0 aromatic heterocycles. The molecule has 3 aliphatic heterocycles. The number of carbonyl (C=O) groups is 2. The molecule has 134 valence electrons. The molecule has 0 saturated carbocycles. The molecule has 1 aromatic rings. The SMILES string of the molecule is O=C(OC[C@@H]1CCCCO1)[C@@H]1CC(=O)N(c2ccc3c(c2)OCO3)C1. The number of fused-ring (bicyclic) bond motifs is 1. The first-order valence-electron chi connectivity index (χ1n) is 8.69. The normalized spacial score (nSPS) is 25.3. The molecule has 2 atom stereocenters. The Morgan fingerprint density at radius 2 is 2.12 bits per heavy atom. The minimum absolute atomic E-state index is 0.0141. The fraction of sp³-hybridized carbons (Fsp3) is 0.556. The molecule has 0 radical (unpaired) electrons. The standard InChI is InChI=1S/C18H21NO6/c20-17-7-12(18(21)23-10-14-3-1-2-6-22-14)9-19(17)13-4-5-15-16(8-13)25-11-24-15/h4-5,8,12,14H,1-3,6-7,9-11H2/t12-,14+/m1/s1. The molecule has 1 amide bonds. The van der Waals surface area contributed by atoms with E-state index in [4.69, 9.17) is 18.9 Å². The predicted octanol–water partition coefficient (Wildman–Crippen LogP) is 1.88. The van der Waals surface area contributed by atoms with Gasteiger partial charge < -0.3 is 23.8 Å². The van der Waals surface area contributed by atoms with Crippen molar-refractivity contribution in [2.45, 2.75) is 31.8 Å². The Bertz CT molecular complexity index is 670. The Morgan fingerprint density at radius 1 is 1.24 bits per heavy atom. The van der Waals surface area contributed by atoms with Crippen molar-refractivity contribution < 1.29 is 28.5 Å². The van der Waals surface area contributed by atoms with Gasteiger partial charge in [0.2, 0.25) is 12.7 Å². The Balaban J connectivity index is 1.35. The molecule has 0 unspecified atom stereocenters. The van der Waals surface area contributed by atoms with Crippen molar-refractivity contribution in [3.05, 3.63) is 18.2 Å². The predicted molar refractivity (Wildman–Crippen MR) is 87.6 cm³/mol. The lowest BCUT2D eigenvalue weighted by molar-refractivity contribution is -0.153. The summed E-state index contributed by atoms with van der Waals surface area (Å²) in [6.07, 6.45) is 3.23. The Morgan fingerprint density at radius 3 is 2.96 bits per heavy atom. The highest BCUT2D eigenvalue weighted by atomic mass is 16.7. The molecule has 2 saturated heterocycles. The Hall–Kier alpha value is -2.28. The second kappa shape index (κ2) is 6.92. The summed E-state index contributed by atoms with van der Waals surface area (Å²) in [4.78, 5) is 26.2. The fourth-order valence-electron chi connectivity index (χ4n) is 3.40. The number of amides is 1. The molecule has 3 aliphatic rings. The van der Waals surface area contributed by atoms with Crippen molar-refractivity contribution in [2.75, 3.05) is 31.5 Å². The van der Waals surface area contributed by atoms with Gasteiger partial charge in [-0.1, -0.05) is 0 Å². The number of benzene rings is 1. The first-order valence-corrected chi connectivity index (χ1v) is 8.69. The van der Waals surface area contributed by atoms with Crippen molar-refractivity contribution in [1.82, 2.24) is 0 Å². The van der Waals surface area contributed by atoms with E-state index in [0.717, 1.165) is 25.9 Å². The van der Waals surface area contributed by atoms with E-state index in [2.05, 4.69) is 0 Å². The van der Waals surface area contributed by atoms with Gasteiger partial charge in [-0.05, 0) is 31.4 Å². The lowest BCUT2D eigenvalue weighted by atomic mass is 10.1. The summed E-state index contributed by atoms with van der Waals surface area (Å²) in [6, 6.07) is 5.34. The van der Waals surface area contributed by atoms with Crippen LogP contribution in [-0.4, -0.2) is 44.5 Å². The molecule has 25 heavy (non-hydrogen) atoms. The third-order valence-electron chi connectivity index (χ3n) is 4.81. The fourth-order valence-corrected chi connectivity index (χ4v) is 3.40. The largest absolute Gasteiger partial charge is 0.463 e. The third kappa shape index (κ3) is 3.42. The van der Waals surface area contributed by atoms with Crippen LogP contribution in [0.25, 0.3) is 0 Å². The molecule has 0 bridgehead atoms. The number of anilines is 1. The van der Waals surface area contributed by atoms with Crippen LogP contribution in [-0.2, 0) is 19.1 Å². The molecule has 0 N–H and O–H groups in total. The molecule has 0 aliphatic carbocycles. The van der Waals surface area contributed by atoms with E-state index >= 15 is 0 Å². The number of ether oxygens (including phenoxy) is 4. The summed E-state index contributed by atoms with van der Waals surface area (Å²) in [5.41, 5.74) is 0.708. The van der Waals surface area contributed by atoms with E-state index in [1.165, 1.54) is 0 Å². The van der Waals surface area contributed by atoms with E-state index in [-0.39, 0.29) is 37.8 Å². The summed E-state index contributed by atoms with van der Waals surface area (Å²) >= 11 is 0. The molecule has 2 fully saturated rings. The van der Waals surface area contributed by atoms with Gasteiger partial charge in [-0.2, -0.15) is 0 Å². The lowest BCUT2D eigenvalue weighted by Crippen LogP contribution is -2.29. The van der Waals surface area contributed by atoms with Crippen LogP contribution in [0.2, 0.25) is 0 Å². The number of carbonyl (C=O) groups excluding carboxylic acids is 2. The number of hydrogen-bond donors (Lipinski definition) is 0. The average Bonchev–Trinajstić information content (AvgIpc) is 3.26. The molecule has 7 nitrogen and oxygen atoms in total. The second-order valence-corrected chi connectivity index (χ2v) is 6.56. The van der Waals surface area contributed by atoms with Gasteiger partial charge >= 0.3 is 5.97 Å². The van der Waals surface area contributed by atoms with Gasteiger partial charge in [-0.15, -0.1) is 0 Å². The first kappa shape index (κ1) is 16.2. The van der Waals surface area contributed by atoms with Gasteiger partial charge in [-0.25, -0.2) is 0 Å². The van der Waals surface area contributed by atoms with Crippen LogP contribution in [0, 0.1) is 5.92 Å². The first-order chi connectivity index (χ1) is 12.2. The van der Waals surface area contributed by atoms with Crippen LogP contribution in [0.5, 0.6) is 11.5 Å². The number of esters is 1. The topological polar surface area (TPSA) is 74.3 Å². The number of hydrogen-bond acceptors (Lipinski definition) is 6. The zero-order chi connectivity index (χ0) is 17.2. The zero-order valence-electron chi connectivity index (χ0n) is 13.9. The van der Waals surface area contributed by atoms with Gasteiger partial charge in [0.25, 0.3) is 0 Å². The van der Waals surface area contributed by atoms with E-state index < -0.39 is 5.92 Å². The van der Waals surface area contributed by atoms with Crippen LogP contribution >= 0.6 is 0 Å². The highest BCUT2D eigenvalue weighted by Crippen LogP contribution is 2.37. The van der Waals surface area contributed by atoms with E-state index in [9.17, 15) is 9.59 Å². The summed E-state index contributed by atoms with van der Waals surface area (Å²) in [5, 5.41) is 0. The summed E-state index contributed by atoms with van der Waals surface area (Å²) in [7, 11) is 0. The molecule has 3 heterocycles. The van der Waals surface area contributed by atoms with E-state index in [1.54, 1.807) is 23.1 Å². The number of rotatable bonds is 4. The highest BCUT2D eigenvalue weighted by Gasteiger charge is 2.37. The molecule has 1 aromatic carbocycles. The van der Waals surface area contributed by atoms with Gasteiger partial charge in [0, 0.05) is 31.3 Å². The molecular weight excluding hydrogens is 326 g/mol. The van der Waals surface area contributed by atoms with Crippen LogP contribution in [0.15, 0.2) is 18.2 Å². The number of nitrogens with zero attached hydrogens (tertiary/aromatic N) is 1. The quantitative estimate of drug-likeness (QED) is 0.774.